The topological polar surface area (TPSA) is 98.9 Å². The predicted octanol–water partition coefficient (Wildman–Crippen LogP) is 3.83. The van der Waals surface area contributed by atoms with Crippen LogP contribution in [0.3, 0.4) is 0 Å². The zero-order chi connectivity index (χ0) is 23.8. The summed E-state index contributed by atoms with van der Waals surface area (Å²) in [7, 11) is 1.26. The molecule has 32 heavy (non-hydrogen) atoms. The van der Waals surface area contributed by atoms with Crippen molar-refractivity contribution in [3.63, 3.8) is 0 Å². The van der Waals surface area contributed by atoms with Crippen LogP contribution in [-0.2, 0) is 14.3 Å². The standard InChI is InChI=1S/C21H29F2N5O4/c1-12(16(22)23)26-18-24-11-25-28(18)13(2)21(17(29)31-6)10-9-14-7-8-15(21)27(14)19(30)32-20(3,4)5/h11,14-16H,2,7-10H2,1,3-6H3/b26-12+/t14-,15+,21+/m1/s1. The first-order valence-electron chi connectivity index (χ1n) is 10.4. The lowest BCUT2D eigenvalue weighted by atomic mass is 9.71. The van der Waals surface area contributed by atoms with Gasteiger partial charge >= 0.3 is 12.1 Å². The Balaban J connectivity index is 2.06. The monoisotopic (exact) mass is 453 g/mol. The molecule has 2 aliphatic heterocycles. The second kappa shape index (κ2) is 8.59. The van der Waals surface area contributed by atoms with Crippen LogP contribution in [0.5, 0.6) is 0 Å². The molecule has 11 heteroatoms. The van der Waals surface area contributed by atoms with Crippen molar-refractivity contribution in [2.24, 2.45) is 10.4 Å². The van der Waals surface area contributed by atoms with Crippen molar-refractivity contribution in [3.05, 3.63) is 12.9 Å². The third kappa shape index (κ3) is 4.12. The Morgan fingerprint density at radius 1 is 1.31 bits per heavy atom. The van der Waals surface area contributed by atoms with Crippen molar-refractivity contribution >= 4 is 29.4 Å². The maximum Gasteiger partial charge on any atom is 0.410 e. The van der Waals surface area contributed by atoms with Crippen LogP contribution in [0.1, 0.15) is 53.4 Å². The summed E-state index contributed by atoms with van der Waals surface area (Å²) in [4.78, 5) is 35.7. The van der Waals surface area contributed by atoms with E-state index in [9.17, 15) is 18.4 Å². The van der Waals surface area contributed by atoms with Crippen LogP contribution >= 0.6 is 0 Å². The fraction of sp³-hybridized carbons (Fsp3) is 0.667. The molecule has 3 rings (SSSR count). The molecular weight excluding hydrogens is 424 g/mol. The average molecular weight is 453 g/mol. The molecule has 0 aromatic carbocycles. The van der Waals surface area contributed by atoms with Crippen molar-refractivity contribution in [1.29, 1.82) is 0 Å². The molecular formula is C21H29F2N5O4. The van der Waals surface area contributed by atoms with Gasteiger partial charge in [0.15, 0.2) is 0 Å². The number of hydrogen-bond acceptors (Lipinski definition) is 7. The molecule has 0 spiro atoms. The number of ether oxygens (including phenoxy) is 2. The number of carbonyl (C=O) groups is 2. The van der Waals surface area contributed by atoms with Gasteiger partial charge in [0.05, 0.1) is 24.6 Å². The van der Waals surface area contributed by atoms with E-state index in [0.29, 0.717) is 25.7 Å². The molecule has 1 amide bonds. The molecule has 1 aromatic rings. The average Bonchev–Trinajstić information content (AvgIpc) is 3.29. The molecule has 0 unspecified atom stereocenters. The normalized spacial score (nSPS) is 25.8. The van der Waals surface area contributed by atoms with E-state index in [1.807, 2.05) is 0 Å². The minimum atomic E-state index is -2.77. The van der Waals surface area contributed by atoms with Gasteiger partial charge in [0.25, 0.3) is 12.4 Å². The van der Waals surface area contributed by atoms with Crippen molar-refractivity contribution < 1.29 is 27.8 Å². The summed E-state index contributed by atoms with van der Waals surface area (Å²) in [5, 5.41) is 4.09. The van der Waals surface area contributed by atoms with Gasteiger partial charge in [-0.2, -0.15) is 10.1 Å². The van der Waals surface area contributed by atoms with Crippen molar-refractivity contribution in [1.82, 2.24) is 19.7 Å². The largest absolute Gasteiger partial charge is 0.468 e. The van der Waals surface area contributed by atoms with Gasteiger partial charge in [0, 0.05) is 6.04 Å². The molecule has 0 saturated carbocycles. The Kier molecular flexibility index (Phi) is 6.39. The lowest BCUT2D eigenvalue weighted by Gasteiger charge is -2.47. The second-order valence-corrected chi connectivity index (χ2v) is 9.11. The first kappa shape index (κ1) is 23.8. The molecule has 1 aromatic heterocycles. The third-order valence-electron chi connectivity index (χ3n) is 5.99. The molecule has 2 saturated heterocycles. The summed E-state index contributed by atoms with van der Waals surface area (Å²) in [6, 6.07) is -0.664. The van der Waals surface area contributed by atoms with E-state index < -0.39 is 41.3 Å². The highest BCUT2D eigenvalue weighted by Crippen LogP contribution is 2.53. The number of carbonyl (C=O) groups excluding carboxylic acids is 2. The van der Waals surface area contributed by atoms with Gasteiger partial charge < -0.3 is 14.4 Å². The summed E-state index contributed by atoms with van der Waals surface area (Å²) in [5.41, 5.74) is -2.34. The van der Waals surface area contributed by atoms with Crippen LogP contribution in [0, 0.1) is 5.41 Å². The summed E-state index contributed by atoms with van der Waals surface area (Å²) in [5.74, 6) is -0.711. The van der Waals surface area contributed by atoms with Crippen LogP contribution in [-0.4, -0.2) is 68.7 Å². The third-order valence-corrected chi connectivity index (χ3v) is 5.99. The highest BCUT2D eigenvalue weighted by molar-refractivity contribution is 5.91. The number of nitrogens with zero attached hydrogens (tertiary/aromatic N) is 5. The van der Waals surface area contributed by atoms with Gasteiger partial charge in [-0.3, -0.25) is 4.79 Å². The number of fused-ring (bicyclic) bond motifs is 2. The summed E-state index contributed by atoms with van der Waals surface area (Å²) < 4.78 is 38.0. The van der Waals surface area contributed by atoms with Crippen molar-refractivity contribution in [3.8, 4) is 0 Å². The fourth-order valence-corrected chi connectivity index (χ4v) is 4.57. The highest BCUT2D eigenvalue weighted by Gasteiger charge is 2.61. The van der Waals surface area contributed by atoms with Crippen LogP contribution in [0.25, 0.3) is 5.70 Å². The van der Waals surface area contributed by atoms with E-state index in [4.69, 9.17) is 9.47 Å². The fourth-order valence-electron chi connectivity index (χ4n) is 4.57. The number of aromatic nitrogens is 3. The number of alkyl halides is 2. The quantitative estimate of drug-likeness (QED) is 0.496. The zero-order valence-electron chi connectivity index (χ0n) is 19.0. The number of rotatable bonds is 5. The summed E-state index contributed by atoms with van der Waals surface area (Å²) in [6.07, 6.45) is -0.0341. The number of piperidine rings is 1. The maximum absolute atomic E-state index is 13.2. The molecule has 0 aliphatic carbocycles. The van der Waals surface area contributed by atoms with Gasteiger partial charge in [-0.15, -0.1) is 0 Å². The van der Waals surface area contributed by atoms with Gasteiger partial charge in [-0.05, 0) is 53.4 Å². The Bertz CT molecular complexity index is 939. The highest BCUT2D eigenvalue weighted by atomic mass is 19.3. The number of aliphatic imine (C=N–C) groups is 1. The molecule has 0 N–H and O–H groups in total. The SMILES string of the molecule is C=C(n1ncnc1/N=C(\C)C(F)F)[C@@]1(C(=O)OC)CC[C@H]2CC[C@@H]1N2C(=O)OC(C)(C)C. The van der Waals surface area contributed by atoms with E-state index in [1.165, 1.54) is 18.7 Å². The van der Waals surface area contributed by atoms with Crippen LogP contribution in [0.2, 0.25) is 0 Å². The molecule has 0 radical (unpaired) electrons. The van der Waals surface area contributed by atoms with Gasteiger partial charge in [0.2, 0.25) is 0 Å². The number of halogens is 2. The van der Waals surface area contributed by atoms with Crippen molar-refractivity contribution in [2.45, 2.75) is 77.5 Å². The number of methoxy groups -OCH3 is 1. The molecule has 3 atom stereocenters. The Morgan fingerprint density at radius 2 is 2.00 bits per heavy atom. The number of esters is 1. The van der Waals surface area contributed by atoms with Crippen LogP contribution in [0.4, 0.5) is 19.5 Å². The molecule has 176 valence electrons. The summed E-state index contributed by atoms with van der Waals surface area (Å²) >= 11 is 0. The number of hydrogen-bond donors (Lipinski definition) is 0. The van der Waals surface area contributed by atoms with E-state index >= 15 is 0 Å². The van der Waals surface area contributed by atoms with Gasteiger partial charge in [-0.25, -0.2) is 23.2 Å². The lowest BCUT2D eigenvalue weighted by Crippen LogP contribution is -2.58. The molecule has 2 fully saturated rings. The zero-order valence-corrected chi connectivity index (χ0v) is 19.0. The maximum atomic E-state index is 13.2. The van der Waals surface area contributed by atoms with E-state index in [1.54, 1.807) is 25.7 Å². The smallest absolute Gasteiger partial charge is 0.410 e. The Labute approximate surface area is 185 Å². The van der Waals surface area contributed by atoms with E-state index in [-0.39, 0.29) is 17.7 Å². The number of amides is 1. The lowest BCUT2D eigenvalue weighted by molar-refractivity contribution is -0.155. The predicted molar refractivity (Wildman–Crippen MR) is 113 cm³/mol. The molecule has 2 bridgehead atoms. The Morgan fingerprint density at radius 3 is 2.59 bits per heavy atom. The van der Waals surface area contributed by atoms with Crippen LogP contribution in [0.15, 0.2) is 17.9 Å². The molecule has 2 aliphatic rings. The minimum absolute atomic E-state index is 0.0743. The second-order valence-electron chi connectivity index (χ2n) is 9.11. The summed E-state index contributed by atoms with van der Waals surface area (Å²) in [6.45, 7) is 10.6. The van der Waals surface area contributed by atoms with E-state index in [0.717, 1.165) is 6.33 Å². The van der Waals surface area contributed by atoms with Crippen molar-refractivity contribution in [2.75, 3.05) is 7.11 Å². The Hall–Kier alpha value is -2.85. The van der Waals surface area contributed by atoms with Gasteiger partial charge in [0.1, 0.15) is 17.3 Å². The van der Waals surface area contributed by atoms with E-state index in [2.05, 4.69) is 21.7 Å². The molecule has 9 nitrogen and oxygen atoms in total. The molecule has 3 heterocycles. The van der Waals surface area contributed by atoms with Crippen LogP contribution < -0.4 is 0 Å². The van der Waals surface area contributed by atoms with Gasteiger partial charge in [-0.1, -0.05) is 6.58 Å². The first-order chi connectivity index (χ1) is 14.9. The first-order valence-corrected chi connectivity index (χ1v) is 10.4. The minimum Gasteiger partial charge on any atom is -0.468 e.